The van der Waals surface area contributed by atoms with Crippen LogP contribution in [0.15, 0.2) is 35.8 Å². The van der Waals surface area contributed by atoms with E-state index >= 15 is 0 Å². The lowest BCUT2D eigenvalue weighted by Crippen LogP contribution is -2.10. The molecule has 112 valence electrons. The molecule has 2 heterocycles. The second-order valence-electron chi connectivity index (χ2n) is 4.83. The number of benzene rings is 1. The Labute approximate surface area is 137 Å². The zero-order valence-electron chi connectivity index (χ0n) is 12.1. The highest BCUT2D eigenvalue weighted by molar-refractivity contribution is 7.09. The molecule has 22 heavy (non-hydrogen) atoms. The van der Waals surface area contributed by atoms with Gasteiger partial charge in [0.05, 0.1) is 28.6 Å². The average molecular weight is 332 g/mol. The van der Waals surface area contributed by atoms with Crippen LogP contribution in [0.4, 0.5) is 5.95 Å². The van der Waals surface area contributed by atoms with Gasteiger partial charge in [0, 0.05) is 16.0 Å². The zero-order chi connectivity index (χ0) is 15.5. The third-order valence-corrected chi connectivity index (χ3v) is 4.17. The molecular weight excluding hydrogens is 318 g/mol. The van der Waals surface area contributed by atoms with Crippen molar-refractivity contribution in [2.24, 2.45) is 0 Å². The van der Waals surface area contributed by atoms with E-state index in [9.17, 15) is 0 Å². The molecule has 1 aromatic carbocycles. The summed E-state index contributed by atoms with van der Waals surface area (Å²) in [5.41, 5.74) is 2.67. The lowest BCUT2D eigenvalue weighted by Gasteiger charge is -2.11. The Morgan fingerprint density at radius 1 is 1.18 bits per heavy atom. The summed E-state index contributed by atoms with van der Waals surface area (Å²) in [6, 6.07) is 7.49. The van der Waals surface area contributed by atoms with Crippen molar-refractivity contribution >= 4 is 28.9 Å². The molecule has 0 fully saturated rings. The van der Waals surface area contributed by atoms with Crippen LogP contribution in [0.2, 0.25) is 5.02 Å². The monoisotopic (exact) mass is 331 g/mol. The van der Waals surface area contributed by atoms with Crippen LogP contribution in [0, 0.1) is 6.92 Å². The molecule has 0 spiro atoms. The Balaban J connectivity index is 1.80. The summed E-state index contributed by atoms with van der Waals surface area (Å²) in [6.45, 7) is 4.01. The van der Waals surface area contributed by atoms with Gasteiger partial charge in [-0.3, -0.25) is 0 Å². The van der Waals surface area contributed by atoms with E-state index in [2.05, 4.69) is 25.5 Å². The van der Waals surface area contributed by atoms with Crippen molar-refractivity contribution in [3.05, 3.63) is 51.6 Å². The van der Waals surface area contributed by atoms with Crippen LogP contribution in [0.5, 0.6) is 0 Å². The molecule has 2 aromatic heterocycles. The van der Waals surface area contributed by atoms with Crippen LogP contribution in [-0.4, -0.2) is 20.2 Å². The molecule has 1 unspecified atom stereocenters. The first kappa shape index (κ1) is 14.9. The molecule has 3 rings (SSSR count). The van der Waals surface area contributed by atoms with Gasteiger partial charge < -0.3 is 5.32 Å². The Hall–Kier alpha value is -2.05. The Kier molecular flexibility index (Phi) is 4.31. The third-order valence-electron chi connectivity index (χ3n) is 3.12. The fraction of sp³-hybridized carbons (Fsp3) is 0.200. The summed E-state index contributed by atoms with van der Waals surface area (Å²) in [7, 11) is 0. The van der Waals surface area contributed by atoms with Crippen LogP contribution in [-0.2, 0) is 0 Å². The molecule has 0 bridgehead atoms. The van der Waals surface area contributed by atoms with Crippen molar-refractivity contribution in [3.63, 3.8) is 0 Å². The number of aromatic nitrogens is 4. The Morgan fingerprint density at radius 3 is 2.64 bits per heavy atom. The van der Waals surface area contributed by atoms with E-state index in [1.807, 2.05) is 43.5 Å². The highest BCUT2D eigenvalue weighted by Crippen LogP contribution is 2.22. The second kappa shape index (κ2) is 6.37. The normalized spacial score (nSPS) is 12.1. The molecule has 0 saturated carbocycles. The summed E-state index contributed by atoms with van der Waals surface area (Å²) in [6.07, 6.45) is 1.63. The predicted molar refractivity (Wildman–Crippen MR) is 89.2 cm³/mol. The molecule has 5 nitrogen and oxygen atoms in total. The van der Waals surface area contributed by atoms with Crippen LogP contribution in [0.3, 0.4) is 0 Å². The highest BCUT2D eigenvalue weighted by atomic mass is 35.5. The first-order valence-electron chi connectivity index (χ1n) is 6.76. The van der Waals surface area contributed by atoms with Gasteiger partial charge in [-0.2, -0.15) is 5.10 Å². The number of rotatable bonds is 4. The van der Waals surface area contributed by atoms with Gasteiger partial charge in [-0.1, -0.05) is 23.7 Å². The summed E-state index contributed by atoms with van der Waals surface area (Å²) >= 11 is 7.53. The average Bonchev–Trinajstić information content (AvgIpc) is 2.95. The van der Waals surface area contributed by atoms with Crippen molar-refractivity contribution < 1.29 is 0 Å². The number of anilines is 1. The number of hydrogen-bond acceptors (Lipinski definition) is 6. The number of halogens is 1. The fourth-order valence-corrected chi connectivity index (χ4v) is 2.80. The summed E-state index contributed by atoms with van der Waals surface area (Å²) in [4.78, 5) is 8.96. The Bertz CT molecular complexity index is 772. The number of aryl methyl sites for hydroxylation is 1. The van der Waals surface area contributed by atoms with Gasteiger partial charge in [0.25, 0.3) is 0 Å². The predicted octanol–water partition coefficient (Wildman–Crippen LogP) is 4.13. The largest absolute Gasteiger partial charge is 0.345 e. The maximum Gasteiger partial charge on any atom is 0.243 e. The van der Waals surface area contributed by atoms with Gasteiger partial charge >= 0.3 is 0 Å². The topological polar surface area (TPSA) is 63.6 Å². The van der Waals surface area contributed by atoms with E-state index in [1.165, 1.54) is 0 Å². The highest BCUT2D eigenvalue weighted by Gasteiger charge is 2.11. The van der Waals surface area contributed by atoms with Crippen LogP contribution in [0.1, 0.15) is 23.7 Å². The standard InChI is InChI=1S/C15H14ClN5S/c1-9(14-8-22-10(2)19-14)18-15-20-13(7-17-21-15)11-3-5-12(16)6-4-11/h3-9H,1-2H3,(H,18,20,21). The van der Waals surface area contributed by atoms with Crippen LogP contribution in [0.25, 0.3) is 11.3 Å². The summed E-state index contributed by atoms with van der Waals surface area (Å²) < 4.78 is 0. The molecule has 0 radical (unpaired) electrons. The van der Waals surface area contributed by atoms with E-state index in [0.717, 1.165) is 22.0 Å². The van der Waals surface area contributed by atoms with Gasteiger partial charge in [0.15, 0.2) is 0 Å². The van der Waals surface area contributed by atoms with Crippen LogP contribution >= 0.6 is 22.9 Å². The number of thiazole rings is 1. The number of nitrogens with zero attached hydrogens (tertiary/aromatic N) is 4. The SMILES string of the molecule is Cc1nc(C(C)Nc2nncc(-c3ccc(Cl)cc3)n2)cs1. The molecule has 0 aliphatic carbocycles. The summed E-state index contributed by atoms with van der Waals surface area (Å²) in [5.74, 6) is 0.477. The molecule has 7 heteroatoms. The van der Waals surface area contributed by atoms with E-state index in [1.54, 1.807) is 17.5 Å². The second-order valence-corrected chi connectivity index (χ2v) is 6.33. The lowest BCUT2D eigenvalue weighted by molar-refractivity contribution is 0.813. The number of nitrogens with one attached hydrogen (secondary N) is 1. The molecular formula is C15H14ClN5S. The van der Waals surface area contributed by atoms with Gasteiger partial charge in [0.2, 0.25) is 5.95 Å². The van der Waals surface area contributed by atoms with Crippen molar-refractivity contribution in [2.45, 2.75) is 19.9 Å². The molecule has 0 aliphatic rings. The van der Waals surface area contributed by atoms with Crippen molar-refractivity contribution in [3.8, 4) is 11.3 Å². The zero-order valence-corrected chi connectivity index (χ0v) is 13.7. The summed E-state index contributed by atoms with van der Waals surface area (Å²) in [5, 5.41) is 15.0. The van der Waals surface area contributed by atoms with E-state index in [4.69, 9.17) is 11.6 Å². The minimum Gasteiger partial charge on any atom is -0.345 e. The third kappa shape index (κ3) is 3.40. The van der Waals surface area contributed by atoms with Gasteiger partial charge in [0.1, 0.15) is 0 Å². The van der Waals surface area contributed by atoms with Crippen molar-refractivity contribution in [1.29, 1.82) is 0 Å². The van der Waals surface area contributed by atoms with E-state index < -0.39 is 0 Å². The molecule has 0 aliphatic heterocycles. The minimum absolute atomic E-state index is 0.0206. The van der Waals surface area contributed by atoms with Gasteiger partial charge in [-0.15, -0.1) is 16.4 Å². The van der Waals surface area contributed by atoms with Gasteiger partial charge in [-0.25, -0.2) is 9.97 Å². The van der Waals surface area contributed by atoms with Crippen molar-refractivity contribution in [2.75, 3.05) is 5.32 Å². The van der Waals surface area contributed by atoms with E-state index in [0.29, 0.717) is 11.0 Å². The number of hydrogen-bond donors (Lipinski definition) is 1. The Morgan fingerprint density at radius 2 is 1.95 bits per heavy atom. The quantitative estimate of drug-likeness (QED) is 0.778. The molecule has 1 N–H and O–H groups in total. The smallest absolute Gasteiger partial charge is 0.243 e. The van der Waals surface area contributed by atoms with E-state index in [-0.39, 0.29) is 6.04 Å². The van der Waals surface area contributed by atoms with Gasteiger partial charge in [-0.05, 0) is 26.0 Å². The van der Waals surface area contributed by atoms with Crippen molar-refractivity contribution in [1.82, 2.24) is 20.2 Å². The first-order chi connectivity index (χ1) is 10.6. The van der Waals surface area contributed by atoms with Crippen LogP contribution < -0.4 is 5.32 Å². The minimum atomic E-state index is 0.0206. The molecule has 0 saturated heterocycles. The molecule has 3 aromatic rings. The fourth-order valence-electron chi connectivity index (χ4n) is 1.97. The molecule has 0 amide bonds. The lowest BCUT2D eigenvalue weighted by atomic mass is 10.2. The maximum atomic E-state index is 5.90. The first-order valence-corrected chi connectivity index (χ1v) is 8.02. The maximum absolute atomic E-state index is 5.90. The molecule has 1 atom stereocenters.